The minimum absolute atomic E-state index is 0.154. The number of ketones is 1. The first kappa shape index (κ1) is 13.7. The third-order valence-corrected chi connectivity index (χ3v) is 3.32. The van der Waals surface area contributed by atoms with Gasteiger partial charge in [-0.05, 0) is 12.1 Å². The minimum atomic E-state index is -0.346. The lowest BCUT2D eigenvalue weighted by Crippen LogP contribution is -2.21. The number of Topliss-reactive ketones (excluding diaryl/α,β-unsaturated/α-hetero) is 1. The van der Waals surface area contributed by atoms with Gasteiger partial charge in [-0.15, -0.1) is 10.2 Å². The second-order valence-electron chi connectivity index (χ2n) is 5.07. The van der Waals surface area contributed by atoms with Crippen LogP contribution in [-0.4, -0.2) is 26.7 Å². The molecule has 100 valence electrons. The molecule has 0 radical (unpaired) electrons. The normalized spacial score (nSPS) is 11.5. The summed E-state index contributed by atoms with van der Waals surface area (Å²) in [7, 11) is 0. The molecule has 0 atom stereocenters. The summed E-state index contributed by atoms with van der Waals surface area (Å²) in [4.78, 5) is 15.7. The molecule has 0 fully saturated rings. The van der Waals surface area contributed by atoms with Gasteiger partial charge in [0.1, 0.15) is 5.78 Å². The van der Waals surface area contributed by atoms with E-state index < -0.39 is 0 Å². The summed E-state index contributed by atoms with van der Waals surface area (Å²) in [6.45, 7) is 5.68. The maximum atomic E-state index is 11.8. The molecule has 6 heteroatoms. The van der Waals surface area contributed by atoms with Crippen LogP contribution >= 0.6 is 11.8 Å². The van der Waals surface area contributed by atoms with Crippen LogP contribution in [0.3, 0.4) is 0 Å². The Morgan fingerprint density at radius 3 is 2.58 bits per heavy atom. The summed E-state index contributed by atoms with van der Waals surface area (Å²) in [6.07, 6.45) is 3.32. The molecule has 2 rings (SSSR count). The molecule has 0 aromatic carbocycles. The number of carbonyl (C=O) groups excluding carboxylic acids is 1. The zero-order chi connectivity index (χ0) is 13.9. The van der Waals surface area contributed by atoms with Crippen molar-refractivity contribution in [2.75, 3.05) is 5.75 Å². The van der Waals surface area contributed by atoms with Gasteiger partial charge < -0.3 is 4.42 Å². The average molecular weight is 277 g/mol. The highest BCUT2D eigenvalue weighted by atomic mass is 32.2. The molecule has 19 heavy (non-hydrogen) atoms. The summed E-state index contributed by atoms with van der Waals surface area (Å²) in [5.41, 5.74) is 0.470. The van der Waals surface area contributed by atoms with Gasteiger partial charge in [-0.25, -0.2) is 0 Å². The van der Waals surface area contributed by atoms with Crippen molar-refractivity contribution in [2.24, 2.45) is 5.41 Å². The first-order valence-electron chi connectivity index (χ1n) is 5.87. The Bertz CT molecular complexity index is 561. The maximum absolute atomic E-state index is 11.8. The summed E-state index contributed by atoms with van der Waals surface area (Å²) in [5, 5.41) is 8.28. The number of hydrogen-bond acceptors (Lipinski definition) is 6. The van der Waals surface area contributed by atoms with Gasteiger partial charge in [0.25, 0.3) is 5.22 Å². The molecule has 2 aromatic rings. The van der Waals surface area contributed by atoms with Crippen LogP contribution in [0, 0.1) is 5.41 Å². The molecule has 0 saturated carbocycles. The molecule has 5 nitrogen and oxygen atoms in total. The van der Waals surface area contributed by atoms with Crippen molar-refractivity contribution in [3.63, 3.8) is 0 Å². The van der Waals surface area contributed by atoms with E-state index in [-0.39, 0.29) is 11.2 Å². The first-order valence-corrected chi connectivity index (χ1v) is 6.85. The molecule has 0 saturated heterocycles. The predicted octanol–water partition coefficient (Wildman–Crippen LogP) is 2.84. The third-order valence-electron chi connectivity index (χ3n) is 2.50. The topological polar surface area (TPSA) is 68.9 Å². The van der Waals surface area contributed by atoms with E-state index in [0.29, 0.717) is 16.9 Å². The van der Waals surface area contributed by atoms with E-state index in [1.165, 1.54) is 11.8 Å². The smallest absolute Gasteiger partial charge is 0.277 e. The lowest BCUT2D eigenvalue weighted by Gasteiger charge is -2.14. The second-order valence-corrected chi connectivity index (χ2v) is 6.00. The number of carbonyl (C=O) groups is 1. The van der Waals surface area contributed by atoms with Gasteiger partial charge in [0.2, 0.25) is 5.89 Å². The summed E-state index contributed by atoms with van der Waals surface area (Å²) in [6, 6.07) is 3.59. The number of thioether (sulfide) groups is 1. The Hall–Kier alpha value is -1.69. The van der Waals surface area contributed by atoms with Crippen LogP contribution in [0.4, 0.5) is 0 Å². The molecule has 0 N–H and O–H groups in total. The number of aromatic nitrogens is 3. The highest BCUT2D eigenvalue weighted by molar-refractivity contribution is 7.99. The van der Waals surface area contributed by atoms with Crippen LogP contribution in [0.2, 0.25) is 0 Å². The zero-order valence-electron chi connectivity index (χ0n) is 11.1. The quantitative estimate of drug-likeness (QED) is 0.800. The van der Waals surface area contributed by atoms with Crippen LogP contribution in [-0.2, 0) is 4.79 Å². The van der Waals surface area contributed by atoms with Crippen LogP contribution < -0.4 is 0 Å². The van der Waals surface area contributed by atoms with Crippen LogP contribution in [0.5, 0.6) is 0 Å². The molecular formula is C13H15N3O2S. The summed E-state index contributed by atoms with van der Waals surface area (Å²) < 4.78 is 5.49. The van der Waals surface area contributed by atoms with E-state index in [0.717, 1.165) is 5.56 Å². The minimum Gasteiger partial charge on any atom is -0.411 e. The fraction of sp³-hybridized carbons (Fsp3) is 0.385. The van der Waals surface area contributed by atoms with Gasteiger partial charge in [-0.1, -0.05) is 32.5 Å². The highest BCUT2D eigenvalue weighted by Gasteiger charge is 2.22. The van der Waals surface area contributed by atoms with Crippen molar-refractivity contribution in [1.82, 2.24) is 15.2 Å². The Labute approximate surface area is 115 Å². The van der Waals surface area contributed by atoms with Crippen LogP contribution in [0.1, 0.15) is 20.8 Å². The van der Waals surface area contributed by atoms with E-state index in [2.05, 4.69) is 15.2 Å². The predicted molar refractivity (Wildman–Crippen MR) is 72.7 cm³/mol. The molecular weight excluding hydrogens is 262 g/mol. The van der Waals surface area contributed by atoms with Crippen molar-refractivity contribution in [2.45, 2.75) is 26.0 Å². The molecule has 2 aromatic heterocycles. The van der Waals surface area contributed by atoms with E-state index in [4.69, 9.17) is 4.42 Å². The average Bonchev–Trinajstić information content (AvgIpc) is 2.84. The fourth-order valence-electron chi connectivity index (χ4n) is 1.22. The van der Waals surface area contributed by atoms with E-state index in [1.54, 1.807) is 24.5 Å². The summed E-state index contributed by atoms with van der Waals surface area (Å²) >= 11 is 1.27. The Morgan fingerprint density at radius 2 is 1.95 bits per heavy atom. The van der Waals surface area contributed by atoms with E-state index >= 15 is 0 Å². The zero-order valence-corrected chi connectivity index (χ0v) is 11.9. The Morgan fingerprint density at radius 1 is 1.26 bits per heavy atom. The Balaban J connectivity index is 2.01. The van der Waals surface area contributed by atoms with Gasteiger partial charge >= 0.3 is 0 Å². The van der Waals surface area contributed by atoms with Crippen LogP contribution in [0.15, 0.2) is 34.2 Å². The van der Waals surface area contributed by atoms with Gasteiger partial charge in [-0.3, -0.25) is 9.78 Å². The van der Waals surface area contributed by atoms with Crippen molar-refractivity contribution in [3.05, 3.63) is 24.5 Å². The summed E-state index contributed by atoms with van der Waals surface area (Å²) in [5.74, 6) is 0.927. The number of pyridine rings is 1. The molecule has 0 aliphatic rings. The largest absolute Gasteiger partial charge is 0.411 e. The van der Waals surface area contributed by atoms with E-state index in [1.807, 2.05) is 20.8 Å². The number of hydrogen-bond donors (Lipinski definition) is 0. The number of rotatable bonds is 4. The molecule has 0 bridgehead atoms. The second kappa shape index (κ2) is 5.52. The SMILES string of the molecule is CC(C)(C)C(=O)CSc1nnc(-c2ccncc2)o1. The lowest BCUT2D eigenvalue weighted by atomic mass is 9.92. The first-order chi connectivity index (χ1) is 8.97. The van der Waals surface area contributed by atoms with Crippen molar-refractivity contribution in [3.8, 4) is 11.5 Å². The Kier molecular flexibility index (Phi) is 3.99. The molecule has 0 unspecified atom stereocenters. The molecule has 0 amide bonds. The maximum Gasteiger partial charge on any atom is 0.277 e. The molecule has 0 aliphatic carbocycles. The highest BCUT2D eigenvalue weighted by Crippen LogP contribution is 2.25. The molecule has 2 heterocycles. The monoisotopic (exact) mass is 277 g/mol. The fourth-order valence-corrected chi connectivity index (χ4v) is 2.15. The van der Waals surface area contributed by atoms with Gasteiger partial charge in [-0.2, -0.15) is 0 Å². The lowest BCUT2D eigenvalue weighted by molar-refractivity contribution is -0.123. The standard InChI is InChI=1S/C13H15N3O2S/c1-13(2,3)10(17)8-19-12-16-15-11(18-12)9-4-6-14-7-5-9/h4-7H,8H2,1-3H3. The molecule has 0 spiro atoms. The molecule has 0 aliphatic heterocycles. The van der Waals surface area contributed by atoms with Gasteiger partial charge in [0.15, 0.2) is 0 Å². The van der Waals surface area contributed by atoms with Crippen LogP contribution in [0.25, 0.3) is 11.5 Å². The van der Waals surface area contributed by atoms with Crippen molar-refractivity contribution >= 4 is 17.5 Å². The third kappa shape index (κ3) is 3.64. The van der Waals surface area contributed by atoms with Crippen molar-refractivity contribution < 1.29 is 9.21 Å². The van der Waals surface area contributed by atoms with Gasteiger partial charge in [0, 0.05) is 23.4 Å². The van der Waals surface area contributed by atoms with Gasteiger partial charge in [0.05, 0.1) is 5.75 Å². The number of nitrogens with zero attached hydrogens (tertiary/aromatic N) is 3. The van der Waals surface area contributed by atoms with E-state index in [9.17, 15) is 4.79 Å². The van der Waals surface area contributed by atoms with Crippen molar-refractivity contribution in [1.29, 1.82) is 0 Å².